The monoisotopic (exact) mass is 401 g/mol. The Morgan fingerprint density at radius 2 is 1.86 bits per heavy atom. The van der Waals surface area contributed by atoms with Gasteiger partial charge in [0.25, 0.3) is 5.91 Å². The van der Waals surface area contributed by atoms with E-state index in [1.807, 2.05) is 18.2 Å². The SMILES string of the molecule is Cc1onc(-c2ccccc2)c1C(=O)OCC(=O)N(C)CC(=O)N1CCOCC1. The van der Waals surface area contributed by atoms with Crippen molar-refractivity contribution in [3.8, 4) is 11.3 Å². The molecule has 1 saturated heterocycles. The molecule has 1 aromatic heterocycles. The molecule has 1 aliphatic heterocycles. The lowest BCUT2D eigenvalue weighted by Crippen LogP contribution is -2.46. The molecule has 0 N–H and O–H groups in total. The first-order valence-corrected chi connectivity index (χ1v) is 9.25. The minimum absolute atomic E-state index is 0.0854. The summed E-state index contributed by atoms with van der Waals surface area (Å²) in [6, 6.07) is 9.08. The molecule has 2 heterocycles. The van der Waals surface area contributed by atoms with Crippen molar-refractivity contribution in [2.45, 2.75) is 6.92 Å². The number of likely N-dealkylation sites (N-methyl/N-ethyl adjacent to an activating group) is 1. The van der Waals surface area contributed by atoms with Crippen molar-refractivity contribution in [3.05, 3.63) is 41.7 Å². The molecular formula is C20H23N3O6. The average molecular weight is 401 g/mol. The van der Waals surface area contributed by atoms with Gasteiger partial charge < -0.3 is 23.8 Å². The fourth-order valence-corrected chi connectivity index (χ4v) is 2.92. The number of aryl methyl sites for hydroxylation is 1. The minimum atomic E-state index is -0.705. The van der Waals surface area contributed by atoms with Crippen molar-refractivity contribution in [1.29, 1.82) is 0 Å². The Morgan fingerprint density at radius 1 is 1.17 bits per heavy atom. The molecule has 9 nitrogen and oxygen atoms in total. The normalized spacial score (nSPS) is 13.8. The number of rotatable bonds is 6. The topological polar surface area (TPSA) is 102 Å². The zero-order valence-corrected chi connectivity index (χ0v) is 16.4. The molecule has 0 spiro atoms. The van der Waals surface area contributed by atoms with Crippen molar-refractivity contribution in [2.24, 2.45) is 0 Å². The number of hydrogen-bond acceptors (Lipinski definition) is 7. The maximum absolute atomic E-state index is 12.5. The summed E-state index contributed by atoms with van der Waals surface area (Å²) in [5, 5.41) is 3.93. The van der Waals surface area contributed by atoms with Gasteiger partial charge in [-0.05, 0) is 6.92 Å². The van der Waals surface area contributed by atoms with E-state index in [0.29, 0.717) is 43.3 Å². The molecule has 154 valence electrons. The van der Waals surface area contributed by atoms with Crippen LogP contribution in [0, 0.1) is 6.92 Å². The van der Waals surface area contributed by atoms with E-state index in [-0.39, 0.29) is 18.0 Å². The van der Waals surface area contributed by atoms with Crippen molar-refractivity contribution in [2.75, 3.05) is 46.5 Å². The summed E-state index contributed by atoms with van der Waals surface area (Å²) in [7, 11) is 1.49. The van der Waals surface area contributed by atoms with E-state index in [9.17, 15) is 14.4 Å². The van der Waals surface area contributed by atoms with Crippen LogP contribution in [0.2, 0.25) is 0 Å². The molecular weight excluding hydrogens is 378 g/mol. The van der Waals surface area contributed by atoms with E-state index in [2.05, 4.69) is 5.16 Å². The first kappa shape index (κ1) is 20.5. The molecule has 0 radical (unpaired) electrons. The summed E-state index contributed by atoms with van der Waals surface area (Å²) in [5.74, 6) is -1.05. The highest BCUT2D eigenvalue weighted by molar-refractivity contribution is 5.98. The van der Waals surface area contributed by atoms with E-state index < -0.39 is 18.5 Å². The third-order valence-electron chi connectivity index (χ3n) is 4.60. The highest BCUT2D eigenvalue weighted by atomic mass is 16.5. The summed E-state index contributed by atoms with van der Waals surface area (Å²) < 4.78 is 15.5. The Hall–Kier alpha value is -3.20. The van der Waals surface area contributed by atoms with Crippen LogP contribution < -0.4 is 0 Å². The van der Waals surface area contributed by atoms with Crippen LogP contribution in [-0.2, 0) is 19.1 Å². The predicted molar refractivity (Wildman–Crippen MR) is 102 cm³/mol. The van der Waals surface area contributed by atoms with Crippen LogP contribution in [0.25, 0.3) is 11.3 Å². The number of ether oxygens (including phenoxy) is 2. The maximum Gasteiger partial charge on any atom is 0.344 e. The summed E-state index contributed by atoms with van der Waals surface area (Å²) in [6.07, 6.45) is 0. The predicted octanol–water partition coefficient (Wildman–Crippen LogP) is 1.12. The van der Waals surface area contributed by atoms with Gasteiger partial charge in [0.1, 0.15) is 17.0 Å². The average Bonchev–Trinajstić information content (AvgIpc) is 3.14. The molecule has 0 unspecified atom stereocenters. The van der Waals surface area contributed by atoms with Crippen LogP contribution in [0.5, 0.6) is 0 Å². The van der Waals surface area contributed by atoms with Gasteiger partial charge >= 0.3 is 5.97 Å². The standard InChI is InChI=1S/C20H23N3O6/c1-14-18(19(21-29-14)15-6-4-3-5-7-15)20(26)28-13-17(25)22(2)12-16(24)23-8-10-27-11-9-23/h3-7H,8-13H2,1-2H3. The largest absolute Gasteiger partial charge is 0.452 e. The molecule has 1 aliphatic rings. The smallest absolute Gasteiger partial charge is 0.344 e. The van der Waals surface area contributed by atoms with Gasteiger partial charge in [-0.15, -0.1) is 0 Å². The number of esters is 1. The molecule has 1 fully saturated rings. The summed E-state index contributed by atoms with van der Waals surface area (Å²) >= 11 is 0. The lowest BCUT2D eigenvalue weighted by atomic mass is 10.1. The molecule has 29 heavy (non-hydrogen) atoms. The van der Waals surface area contributed by atoms with Crippen molar-refractivity contribution in [1.82, 2.24) is 15.0 Å². The molecule has 3 rings (SSSR count). The molecule has 2 aromatic rings. The van der Waals surface area contributed by atoms with Gasteiger partial charge in [0.2, 0.25) is 5.91 Å². The fourth-order valence-electron chi connectivity index (χ4n) is 2.92. The number of carbonyl (C=O) groups is 3. The summed E-state index contributed by atoms with van der Waals surface area (Å²) in [4.78, 5) is 39.9. The quantitative estimate of drug-likeness (QED) is 0.669. The first-order chi connectivity index (χ1) is 14.0. The van der Waals surface area contributed by atoms with Crippen molar-refractivity contribution >= 4 is 17.8 Å². The van der Waals surface area contributed by atoms with Crippen LogP contribution in [0.15, 0.2) is 34.9 Å². The van der Waals surface area contributed by atoms with Gasteiger partial charge in [-0.2, -0.15) is 0 Å². The number of carbonyl (C=O) groups excluding carboxylic acids is 3. The Kier molecular flexibility index (Phi) is 6.61. The second-order valence-electron chi connectivity index (χ2n) is 6.65. The Morgan fingerprint density at radius 3 is 2.55 bits per heavy atom. The van der Waals surface area contributed by atoms with Gasteiger partial charge in [0.05, 0.1) is 19.8 Å². The minimum Gasteiger partial charge on any atom is -0.452 e. The fraction of sp³-hybridized carbons (Fsp3) is 0.400. The zero-order valence-electron chi connectivity index (χ0n) is 16.4. The second kappa shape index (κ2) is 9.33. The first-order valence-electron chi connectivity index (χ1n) is 9.25. The van der Waals surface area contributed by atoms with Gasteiger partial charge in [0.15, 0.2) is 6.61 Å². The molecule has 0 aliphatic carbocycles. The van der Waals surface area contributed by atoms with E-state index in [0.717, 1.165) is 0 Å². The number of morpholine rings is 1. The number of amides is 2. The number of nitrogens with zero attached hydrogens (tertiary/aromatic N) is 3. The lowest BCUT2D eigenvalue weighted by Gasteiger charge is -2.28. The van der Waals surface area contributed by atoms with Gasteiger partial charge in [0, 0.05) is 25.7 Å². The molecule has 9 heteroatoms. The summed E-state index contributed by atoms with van der Waals surface area (Å²) in [5.41, 5.74) is 1.24. The van der Waals surface area contributed by atoms with E-state index in [1.54, 1.807) is 24.0 Å². The third-order valence-corrected chi connectivity index (χ3v) is 4.60. The third kappa shape index (κ3) is 5.00. The van der Waals surface area contributed by atoms with Crippen LogP contribution in [-0.4, -0.2) is 79.2 Å². The highest BCUT2D eigenvalue weighted by Gasteiger charge is 2.25. The second-order valence-corrected chi connectivity index (χ2v) is 6.65. The zero-order chi connectivity index (χ0) is 20.8. The van der Waals surface area contributed by atoms with Crippen LogP contribution in [0.1, 0.15) is 16.1 Å². The van der Waals surface area contributed by atoms with E-state index >= 15 is 0 Å². The molecule has 0 atom stereocenters. The Labute approximate surface area is 168 Å². The Bertz CT molecular complexity index is 874. The Balaban J connectivity index is 1.57. The van der Waals surface area contributed by atoms with Crippen LogP contribution in [0.4, 0.5) is 0 Å². The number of hydrogen-bond donors (Lipinski definition) is 0. The lowest BCUT2D eigenvalue weighted by molar-refractivity contribution is -0.143. The molecule has 2 amide bonds. The summed E-state index contributed by atoms with van der Waals surface area (Å²) in [6.45, 7) is 3.02. The van der Waals surface area contributed by atoms with Gasteiger partial charge in [-0.1, -0.05) is 35.5 Å². The van der Waals surface area contributed by atoms with Gasteiger partial charge in [-0.25, -0.2) is 4.79 Å². The van der Waals surface area contributed by atoms with E-state index in [4.69, 9.17) is 14.0 Å². The number of benzene rings is 1. The van der Waals surface area contributed by atoms with Crippen LogP contribution in [0.3, 0.4) is 0 Å². The van der Waals surface area contributed by atoms with Crippen LogP contribution >= 0.6 is 0 Å². The molecule has 0 bridgehead atoms. The molecule has 1 aromatic carbocycles. The van der Waals surface area contributed by atoms with E-state index in [1.165, 1.54) is 11.9 Å². The number of aromatic nitrogens is 1. The van der Waals surface area contributed by atoms with Crippen molar-refractivity contribution < 1.29 is 28.4 Å². The molecule has 0 saturated carbocycles. The van der Waals surface area contributed by atoms with Gasteiger partial charge in [-0.3, -0.25) is 9.59 Å². The van der Waals surface area contributed by atoms with Crippen molar-refractivity contribution in [3.63, 3.8) is 0 Å². The highest BCUT2D eigenvalue weighted by Crippen LogP contribution is 2.25. The maximum atomic E-state index is 12.5.